The van der Waals surface area contributed by atoms with E-state index in [1.54, 1.807) is 12.1 Å². The fourth-order valence-corrected chi connectivity index (χ4v) is 2.09. The number of hydrazine groups is 1. The lowest BCUT2D eigenvalue weighted by Crippen LogP contribution is -2.49. The molecule has 0 aliphatic heterocycles. The second-order valence-corrected chi connectivity index (χ2v) is 5.84. The van der Waals surface area contributed by atoms with E-state index in [-0.39, 0.29) is 17.3 Å². The van der Waals surface area contributed by atoms with Crippen LogP contribution >= 0.6 is 11.6 Å². The van der Waals surface area contributed by atoms with Crippen molar-refractivity contribution >= 4 is 35.3 Å². The predicted octanol–water partition coefficient (Wildman–Crippen LogP) is 2.60. The minimum atomic E-state index is -4.62. The van der Waals surface area contributed by atoms with Gasteiger partial charge in [-0.1, -0.05) is 11.6 Å². The minimum absolute atomic E-state index is 0.110. The highest BCUT2D eigenvalue weighted by atomic mass is 35.5. The van der Waals surface area contributed by atoms with Crippen molar-refractivity contribution in [3.63, 3.8) is 0 Å². The standard InChI is InChI=1S/C16H15ClF3N5O4/c17-11-4-3-9(16(18,19)20)6-12(11)23-15(28)25-24-13(26)8-22-14(27)21-7-10-2-1-5-29-10/h1-6H,7-8H2,(H,24,26)(H2,21,22,27)(H2,23,25,28). The summed E-state index contributed by atoms with van der Waals surface area (Å²) in [6.07, 6.45) is -3.18. The van der Waals surface area contributed by atoms with Crippen molar-refractivity contribution in [3.8, 4) is 0 Å². The number of hydrogen-bond acceptors (Lipinski definition) is 4. The molecule has 5 N–H and O–H groups in total. The van der Waals surface area contributed by atoms with E-state index in [4.69, 9.17) is 16.0 Å². The summed E-state index contributed by atoms with van der Waals surface area (Å²) in [4.78, 5) is 34.8. The van der Waals surface area contributed by atoms with Gasteiger partial charge in [-0.15, -0.1) is 0 Å². The molecule has 0 aliphatic rings. The number of hydrogen-bond donors (Lipinski definition) is 5. The second kappa shape index (κ2) is 9.68. The van der Waals surface area contributed by atoms with Gasteiger partial charge in [0.25, 0.3) is 5.91 Å². The van der Waals surface area contributed by atoms with Crippen LogP contribution in [0.4, 0.5) is 28.4 Å². The van der Waals surface area contributed by atoms with Gasteiger partial charge in [-0.05, 0) is 30.3 Å². The van der Waals surface area contributed by atoms with Crippen LogP contribution in [-0.2, 0) is 17.5 Å². The van der Waals surface area contributed by atoms with Gasteiger partial charge < -0.3 is 20.4 Å². The molecule has 29 heavy (non-hydrogen) atoms. The lowest BCUT2D eigenvalue weighted by molar-refractivity contribution is -0.137. The topological polar surface area (TPSA) is 124 Å². The lowest BCUT2D eigenvalue weighted by atomic mass is 10.2. The molecule has 0 saturated heterocycles. The Hall–Kier alpha value is -3.41. The number of urea groups is 2. The fourth-order valence-electron chi connectivity index (χ4n) is 1.93. The number of carbonyl (C=O) groups is 3. The van der Waals surface area contributed by atoms with Crippen LogP contribution in [0, 0.1) is 0 Å². The van der Waals surface area contributed by atoms with Crippen LogP contribution in [-0.4, -0.2) is 24.5 Å². The largest absolute Gasteiger partial charge is 0.467 e. The molecular weight excluding hydrogens is 419 g/mol. The van der Waals surface area contributed by atoms with Crippen LogP contribution in [0.2, 0.25) is 5.02 Å². The number of alkyl halides is 3. The van der Waals surface area contributed by atoms with Crippen LogP contribution in [0.5, 0.6) is 0 Å². The third-order valence-corrected chi connectivity index (χ3v) is 3.60. The summed E-state index contributed by atoms with van der Waals surface area (Å²) in [5.74, 6) is -0.278. The van der Waals surface area contributed by atoms with Crippen molar-refractivity contribution in [2.45, 2.75) is 12.7 Å². The van der Waals surface area contributed by atoms with Crippen LogP contribution in [0.3, 0.4) is 0 Å². The number of halogens is 4. The Morgan fingerprint density at radius 3 is 2.45 bits per heavy atom. The molecule has 0 bridgehead atoms. The predicted molar refractivity (Wildman–Crippen MR) is 95.7 cm³/mol. The quantitative estimate of drug-likeness (QED) is 0.465. The van der Waals surface area contributed by atoms with Gasteiger partial charge in [0.15, 0.2) is 0 Å². The van der Waals surface area contributed by atoms with Gasteiger partial charge in [-0.3, -0.25) is 10.2 Å². The zero-order valence-corrected chi connectivity index (χ0v) is 15.3. The highest BCUT2D eigenvalue weighted by molar-refractivity contribution is 6.33. The summed E-state index contributed by atoms with van der Waals surface area (Å²) in [7, 11) is 0. The van der Waals surface area contributed by atoms with E-state index in [1.807, 2.05) is 10.9 Å². The van der Waals surface area contributed by atoms with Crippen molar-refractivity contribution in [3.05, 3.63) is 52.9 Å². The first-order valence-corrected chi connectivity index (χ1v) is 8.29. The zero-order chi connectivity index (χ0) is 21.4. The summed E-state index contributed by atoms with van der Waals surface area (Å²) in [6, 6.07) is 3.98. The van der Waals surface area contributed by atoms with E-state index in [9.17, 15) is 27.6 Å². The molecule has 5 amide bonds. The Bertz CT molecular complexity index is 874. The van der Waals surface area contributed by atoms with Gasteiger partial charge in [-0.2, -0.15) is 13.2 Å². The van der Waals surface area contributed by atoms with Gasteiger partial charge >= 0.3 is 18.2 Å². The molecule has 2 aromatic rings. The molecule has 9 nitrogen and oxygen atoms in total. The molecule has 2 rings (SSSR count). The van der Waals surface area contributed by atoms with Gasteiger partial charge in [0, 0.05) is 0 Å². The lowest BCUT2D eigenvalue weighted by Gasteiger charge is -2.13. The number of anilines is 1. The molecular formula is C16H15ClF3N5O4. The Kier molecular flexibility index (Phi) is 7.31. The van der Waals surface area contributed by atoms with E-state index < -0.39 is 36.3 Å². The summed E-state index contributed by atoms with van der Waals surface area (Å²) in [6.45, 7) is -0.368. The fraction of sp³-hybridized carbons (Fsp3) is 0.188. The van der Waals surface area contributed by atoms with Crippen molar-refractivity contribution in [2.75, 3.05) is 11.9 Å². The SMILES string of the molecule is O=C(CNC(=O)NCc1ccco1)NNC(=O)Nc1cc(C(F)(F)F)ccc1Cl. The summed E-state index contributed by atoms with van der Waals surface area (Å²) >= 11 is 5.75. The number of carbonyl (C=O) groups excluding carboxylic acids is 3. The zero-order valence-electron chi connectivity index (χ0n) is 14.5. The Balaban J connectivity index is 1.73. The number of nitrogens with one attached hydrogen (secondary N) is 5. The average Bonchev–Trinajstić information content (AvgIpc) is 3.17. The maximum absolute atomic E-state index is 12.7. The van der Waals surface area contributed by atoms with Gasteiger partial charge in [0.1, 0.15) is 12.3 Å². The van der Waals surface area contributed by atoms with Crippen molar-refractivity contribution in [1.29, 1.82) is 0 Å². The van der Waals surface area contributed by atoms with Crippen LogP contribution in [0.25, 0.3) is 0 Å². The summed E-state index contributed by atoms with van der Waals surface area (Å²) in [5, 5.41) is 6.60. The first kappa shape index (κ1) is 21.9. The monoisotopic (exact) mass is 433 g/mol. The minimum Gasteiger partial charge on any atom is -0.467 e. The number of rotatable bonds is 5. The molecule has 0 saturated carbocycles. The highest BCUT2D eigenvalue weighted by Gasteiger charge is 2.31. The number of amides is 5. The third kappa shape index (κ3) is 7.25. The first-order valence-electron chi connectivity index (χ1n) is 7.92. The third-order valence-electron chi connectivity index (χ3n) is 3.27. The maximum atomic E-state index is 12.7. The van der Waals surface area contributed by atoms with E-state index in [1.165, 1.54) is 6.26 Å². The van der Waals surface area contributed by atoms with Crippen LogP contribution in [0.15, 0.2) is 41.0 Å². The number of furan rings is 1. The molecule has 0 unspecified atom stereocenters. The number of benzene rings is 1. The molecule has 1 aromatic carbocycles. The average molecular weight is 434 g/mol. The highest BCUT2D eigenvalue weighted by Crippen LogP contribution is 2.33. The van der Waals surface area contributed by atoms with E-state index in [0.29, 0.717) is 11.8 Å². The van der Waals surface area contributed by atoms with Crippen molar-refractivity contribution in [1.82, 2.24) is 21.5 Å². The molecule has 0 aliphatic carbocycles. The van der Waals surface area contributed by atoms with Crippen molar-refractivity contribution < 1.29 is 32.0 Å². The maximum Gasteiger partial charge on any atom is 0.416 e. The first-order chi connectivity index (χ1) is 13.6. The molecule has 156 valence electrons. The second-order valence-electron chi connectivity index (χ2n) is 5.44. The molecule has 0 radical (unpaired) electrons. The summed E-state index contributed by atoms with van der Waals surface area (Å²) in [5.41, 5.74) is 2.57. The van der Waals surface area contributed by atoms with Crippen LogP contribution < -0.4 is 26.8 Å². The Morgan fingerprint density at radius 1 is 1.03 bits per heavy atom. The molecule has 0 atom stereocenters. The Labute approximate surface area is 166 Å². The molecule has 1 aromatic heterocycles. The van der Waals surface area contributed by atoms with Gasteiger partial charge in [0.05, 0.1) is 29.1 Å². The normalized spacial score (nSPS) is 10.8. The smallest absolute Gasteiger partial charge is 0.416 e. The Morgan fingerprint density at radius 2 is 1.79 bits per heavy atom. The van der Waals surface area contributed by atoms with Crippen LogP contribution in [0.1, 0.15) is 11.3 Å². The van der Waals surface area contributed by atoms with Gasteiger partial charge in [0.2, 0.25) is 0 Å². The molecule has 0 spiro atoms. The van der Waals surface area contributed by atoms with Crippen molar-refractivity contribution in [2.24, 2.45) is 0 Å². The molecule has 1 heterocycles. The molecule has 13 heteroatoms. The van der Waals surface area contributed by atoms with Gasteiger partial charge in [-0.25, -0.2) is 15.0 Å². The van der Waals surface area contributed by atoms with E-state index in [0.717, 1.165) is 12.1 Å². The summed E-state index contributed by atoms with van der Waals surface area (Å²) < 4.78 is 43.1. The van der Waals surface area contributed by atoms with E-state index >= 15 is 0 Å². The molecule has 0 fully saturated rings. The van der Waals surface area contributed by atoms with E-state index in [2.05, 4.69) is 16.0 Å².